The van der Waals surface area contributed by atoms with Gasteiger partial charge in [-0.3, -0.25) is 19.0 Å². The topological polar surface area (TPSA) is 84.3 Å². The molecule has 36 heavy (non-hydrogen) atoms. The molecule has 0 saturated carbocycles. The minimum Gasteiger partial charge on any atom is -0.324 e. The number of carbonyl (C=O) groups excluding carboxylic acids is 2. The Morgan fingerprint density at radius 3 is 2.53 bits per heavy atom. The van der Waals surface area contributed by atoms with Crippen molar-refractivity contribution in [3.05, 3.63) is 94.8 Å². The minimum absolute atomic E-state index is 0.0686. The zero-order valence-electron chi connectivity index (χ0n) is 20.0. The van der Waals surface area contributed by atoms with Gasteiger partial charge in [0, 0.05) is 12.5 Å². The first-order valence-corrected chi connectivity index (χ1v) is 12.8. The summed E-state index contributed by atoms with van der Waals surface area (Å²) in [5, 5.41) is 3.90. The van der Waals surface area contributed by atoms with Crippen molar-refractivity contribution in [3.8, 4) is 0 Å². The molecular formula is C28H26N4O3S. The van der Waals surface area contributed by atoms with Crippen LogP contribution in [-0.4, -0.2) is 33.2 Å². The third-order valence-corrected chi connectivity index (χ3v) is 7.33. The van der Waals surface area contributed by atoms with Crippen LogP contribution in [-0.2, 0) is 9.59 Å². The van der Waals surface area contributed by atoms with E-state index in [-0.39, 0.29) is 41.6 Å². The number of anilines is 2. The molecule has 0 unspecified atom stereocenters. The Morgan fingerprint density at radius 1 is 1.03 bits per heavy atom. The molecule has 0 fully saturated rings. The third-order valence-electron chi connectivity index (χ3n) is 6.40. The van der Waals surface area contributed by atoms with Gasteiger partial charge in [-0.15, -0.1) is 0 Å². The highest BCUT2D eigenvalue weighted by Gasteiger charge is 2.30. The molecule has 1 aromatic heterocycles. The number of amides is 2. The van der Waals surface area contributed by atoms with Crippen molar-refractivity contribution in [1.29, 1.82) is 0 Å². The van der Waals surface area contributed by atoms with E-state index in [0.29, 0.717) is 27.4 Å². The molecule has 8 heteroatoms. The molecule has 5 rings (SSSR count). The van der Waals surface area contributed by atoms with E-state index in [2.05, 4.69) is 5.32 Å². The molecule has 1 N–H and O–H groups in total. The second-order valence-electron chi connectivity index (χ2n) is 8.84. The zero-order valence-corrected chi connectivity index (χ0v) is 20.9. The second-order valence-corrected chi connectivity index (χ2v) is 9.79. The molecule has 4 aromatic rings. The van der Waals surface area contributed by atoms with Gasteiger partial charge in [0.15, 0.2) is 5.16 Å². The summed E-state index contributed by atoms with van der Waals surface area (Å²) in [5.74, 6) is -0.212. The van der Waals surface area contributed by atoms with Crippen molar-refractivity contribution in [2.75, 3.05) is 16.0 Å². The predicted octanol–water partition coefficient (Wildman–Crippen LogP) is 4.86. The van der Waals surface area contributed by atoms with E-state index < -0.39 is 0 Å². The maximum Gasteiger partial charge on any atom is 0.262 e. The third kappa shape index (κ3) is 4.52. The zero-order chi connectivity index (χ0) is 25.2. The summed E-state index contributed by atoms with van der Waals surface area (Å²) in [6.45, 7) is 3.83. The maximum absolute atomic E-state index is 13.6. The number of benzene rings is 3. The van der Waals surface area contributed by atoms with Crippen molar-refractivity contribution in [3.63, 3.8) is 0 Å². The van der Waals surface area contributed by atoms with Crippen molar-refractivity contribution in [2.45, 2.75) is 37.5 Å². The second kappa shape index (κ2) is 9.99. The quantitative estimate of drug-likeness (QED) is 0.314. The van der Waals surface area contributed by atoms with Gasteiger partial charge >= 0.3 is 0 Å². The number of nitrogens with one attached hydrogen (secondary N) is 1. The Labute approximate surface area is 213 Å². The molecular weight excluding hydrogens is 472 g/mol. The van der Waals surface area contributed by atoms with E-state index in [0.717, 1.165) is 5.56 Å². The summed E-state index contributed by atoms with van der Waals surface area (Å²) in [7, 11) is 0. The SMILES string of the molecule is C[C@@H]1CC(=O)Nc2ccccc2N1C(=O)CSc1nc2ccccc2c(=O)n1[C@@H](C)c1ccccc1. The van der Waals surface area contributed by atoms with Crippen LogP contribution in [0.4, 0.5) is 11.4 Å². The van der Waals surface area contributed by atoms with E-state index in [1.807, 2.05) is 80.6 Å². The molecule has 3 aromatic carbocycles. The summed E-state index contributed by atoms with van der Waals surface area (Å²) >= 11 is 1.24. The van der Waals surface area contributed by atoms with E-state index in [4.69, 9.17) is 4.98 Å². The summed E-state index contributed by atoms with van der Waals surface area (Å²) in [6, 6.07) is 23.8. The lowest BCUT2D eigenvalue weighted by molar-refractivity contribution is -0.117. The highest BCUT2D eigenvalue weighted by Crippen LogP contribution is 2.32. The largest absolute Gasteiger partial charge is 0.324 e. The minimum atomic E-state index is -0.309. The normalized spacial score (nSPS) is 16.2. The summed E-state index contributed by atoms with van der Waals surface area (Å²) in [6.07, 6.45) is 0.203. The summed E-state index contributed by atoms with van der Waals surface area (Å²) in [4.78, 5) is 45.9. The standard InChI is InChI=1S/C28H26N4O3S/c1-18-16-25(33)29-23-14-8-9-15-24(23)31(18)26(34)17-36-28-30-22-13-7-6-12-21(22)27(35)32(28)19(2)20-10-4-3-5-11-20/h3-15,18-19H,16-17H2,1-2H3,(H,29,33)/t18-,19+/m1/s1. The van der Waals surface area contributed by atoms with Crippen LogP contribution in [0.2, 0.25) is 0 Å². The fourth-order valence-electron chi connectivity index (χ4n) is 4.61. The maximum atomic E-state index is 13.6. The van der Waals surface area contributed by atoms with Crippen LogP contribution in [0.15, 0.2) is 88.8 Å². The Kier molecular flexibility index (Phi) is 6.61. The Balaban J connectivity index is 1.51. The van der Waals surface area contributed by atoms with E-state index in [1.165, 1.54) is 11.8 Å². The average Bonchev–Trinajstić information content (AvgIpc) is 3.01. The van der Waals surface area contributed by atoms with Gasteiger partial charge in [0.25, 0.3) is 5.56 Å². The Bertz CT molecular complexity index is 1500. The van der Waals surface area contributed by atoms with Crippen LogP contribution in [0, 0.1) is 0 Å². The van der Waals surface area contributed by atoms with Gasteiger partial charge < -0.3 is 10.2 Å². The van der Waals surface area contributed by atoms with Crippen LogP contribution in [0.3, 0.4) is 0 Å². The van der Waals surface area contributed by atoms with E-state index >= 15 is 0 Å². The van der Waals surface area contributed by atoms with Gasteiger partial charge in [-0.05, 0) is 43.7 Å². The lowest BCUT2D eigenvalue weighted by Crippen LogP contribution is -2.40. The molecule has 0 aliphatic carbocycles. The van der Waals surface area contributed by atoms with E-state index in [1.54, 1.807) is 21.6 Å². The number of hydrogen-bond donors (Lipinski definition) is 1. The van der Waals surface area contributed by atoms with Crippen molar-refractivity contribution < 1.29 is 9.59 Å². The van der Waals surface area contributed by atoms with Crippen LogP contribution in [0.5, 0.6) is 0 Å². The van der Waals surface area contributed by atoms with Crippen LogP contribution >= 0.6 is 11.8 Å². The lowest BCUT2D eigenvalue weighted by Gasteiger charge is -2.28. The monoisotopic (exact) mass is 498 g/mol. The average molecular weight is 499 g/mol. The van der Waals surface area contributed by atoms with Gasteiger partial charge in [0.1, 0.15) is 0 Å². The number of thioether (sulfide) groups is 1. The van der Waals surface area contributed by atoms with Gasteiger partial charge in [-0.1, -0.05) is 66.4 Å². The van der Waals surface area contributed by atoms with Crippen molar-refractivity contribution in [2.24, 2.45) is 0 Å². The van der Waals surface area contributed by atoms with Crippen LogP contribution in [0.1, 0.15) is 31.9 Å². The van der Waals surface area contributed by atoms with Gasteiger partial charge in [0.2, 0.25) is 11.8 Å². The van der Waals surface area contributed by atoms with E-state index in [9.17, 15) is 14.4 Å². The number of para-hydroxylation sites is 3. The van der Waals surface area contributed by atoms with Crippen LogP contribution in [0.25, 0.3) is 10.9 Å². The molecule has 2 heterocycles. The first-order chi connectivity index (χ1) is 17.4. The fraction of sp³-hybridized carbons (Fsp3) is 0.214. The molecule has 182 valence electrons. The lowest BCUT2D eigenvalue weighted by atomic mass is 10.1. The van der Waals surface area contributed by atoms with Crippen LogP contribution < -0.4 is 15.8 Å². The van der Waals surface area contributed by atoms with Crippen molar-refractivity contribution >= 4 is 45.9 Å². The molecule has 1 aliphatic heterocycles. The molecule has 1 aliphatic rings. The summed E-state index contributed by atoms with van der Waals surface area (Å²) in [5.41, 5.74) is 2.71. The highest BCUT2D eigenvalue weighted by molar-refractivity contribution is 7.99. The molecule has 2 amide bonds. The number of rotatable bonds is 5. The first kappa shape index (κ1) is 23.8. The van der Waals surface area contributed by atoms with Gasteiger partial charge in [0.05, 0.1) is 34.1 Å². The molecule has 2 atom stereocenters. The first-order valence-electron chi connectivity index (χ1n) is 11.8. The molecule has 0 spiro atoms. The Morgan fingerprint density at radius 2 is 1.72 bits per heavy atom. The predicted molar refractivity (Wildman–Crippen MR) is 144 cm³/mol. The van der Waals surface area contributed by atoms with Gasteiger partial charge in [-0.2, -0.15) is 0 Å². The molecule has 0 bridgehead atoms. The Hall–Kier alpha value is -3.91. The highest BCUT2D eigenvalue weighted by atomic mass is 32.2. The molecule has 0 saturated heterocycles. The number of carbonyl (C=O) groups is 2. The smallest absolute Gasteiger partial charge is 0.262 e. The summed E-state index contributed by atoms with van der Waals surface area (Å²) < 4.78 is 1.67. The fourth-order valence-corrected chi connectivity index (χ4v) is 5.55. The molecule has 7 nitrogen and oxygen atoms in total. The number of aromatic nitrogens is 2. The number of hydrogen-bond acceptors (Lipinski definition) is 5. The van der Waals surface area contributed by atoms with Crippen molar-refractivity contribution in [1.82, 2.24) is 9.55 Å². The number of fused-ring (bicyclic) bond motifs is 2. The molecule has 0 radical (unpaired) electrons. The number of nitrogens with zero attached hydrogens (tertiary/aromatic N) is 3. The van der Waals surface area contributed by atoms with Gasteiger partial charge in [-0.25, -0.2) is 4.98 Å².